The van der Waals surface area contributed by atoms with Crippen LogP contribution in [0.5, 0.6) is 11.5 Å². The first-order valence-electron chi connectivity index (χ1n) is 16.3. The number of anilines is 1. The predicted octanol–water partition coefficient (Wildman–Crippen LogP) is 7.30. The number of para-hydroxylation sites is 1. The van der Waals surface area contributed by atoms with E-state index in [-0.39, 0.29) is 45.3 Å². The third kappa shape index (κ3) is 8.14. The number of carbonyl (C=O) groups is 2. The van der Waals surface area contributed by atoms with E-state index in [1.807, 2.05) is 0 Å². The van der Waals surface area contributed by atoms with E-state index < -0.39 is 36.3 Å². The van der Waals surface area contributed by atoms with Crippen LogP contribution in [0.4, 0.5) is 19.3 Å². The normalized spacial score (nSPS) is 18.5. The van der Waals surface area contributed by atoms with Crippen molar-refractivity contribution in [2.45, 2.75) is 38.0 Å². The second-order valence-electron chi connectivity index (χ2n) is 12.4. The summed E-state index contributed by atoms with van der Waals surface area (Å²) in [4.78, 5) is 30.7. The van der Waals surface area contributed by atoms with E-state index in [1.54, 1.807) is 24.3 Å². The Kier molecular flexibility index (Phi) is 11.1. The van der Waals surface area contributed by atoms with E-state index in [0.29, 0.717) is 33.9 Å². The number of methoxy groups -OCH3 is 2. The van der Waals surface area contributed by atoms with Gasteiger partial charge in [0.2, 0.25) is 0 Å². The van der Waals surface area contributed by atoms with Crippen molar-refractivity contribution in [1.82, 2.24) is 4.90 Å². The average molecular weight is 743 g/mol. The zero-order valence-electron chi connectivity index (χ0n) is 27.8. The van der Waals surface area contributed by atoms with Gasteiger partial charge in [-0.1, -0.05) is 41.4 Å². The minimum Gasteiger partial charge on any atom is -0.619 e. The molecule has 4 aromatic rings. The van der Waals surface area contributed by atoms with E-state index >= 15 is 8.78 Å². The van der Waals surface area contributed by atoms with Gasteiger partial charge in [-0.2, -0.15) is 4.73 Å². The largest absolute Gasteiger partial charge is 0.619 e. The number of hydrogen-bond acceptors (Lipinski definition) is 8. The zero-order chi connectivity index (χ0) is 36.2. The van der Waals surface area contributed by atoms with Crippen LogP contribution in [0, 0.1) is 22.8 Å². The van der Waals surface area contributed by atoms with Crippen molar-refractivity contribution >= 4 is 41.0 Å². The Labute approximate surface area is 303 Å². The number of benzene rings is 3. The molecular formula is C37H35Cl2F2N3O7. The Balaban J connectivity index is 1.29. The summed E-state index contributed by atoms with van der Waals surface area (Å²) in [5.41, 5.74) is 0.616. The first-order valence-corrected chi connectivity index (χ1v) is 17.0. The standard InChI is InChI=1S/C37H35Cl2F2N3O7/c1-48-32-10-8-23(16-34(32)49-2)33(17-26-27(38)19-43(47)20-28(26)39)50-36(45)24-7-9-29(40)25(15-24)18-44(31-6-4-3-5-30(31)41)37(46)51-35-21-42-13-11-22(35)12-14-42/h3-10,15-16,19-20,22,33,35H,11-14,17-18,21H2,1-2H3/t33?,35-/m0/s1. The van der Waals surface area contributed by atoms with Crippen LogP contribution in [0.2, 0.25) is 10.0 Å². The molecule has 1 amide bonds. The number of carbonyl (C=O) groups excluding carboxylic acids is 2. The van der Waals surface area contributed by atoms with Crippen LogP contribution >= 0.6 is 23.2 Å². The first-order chi connectivity index (χ1) is 24.5. The molecule has 2 bridgehead atoms. The van der Waals surface area contributed by atoms with Crippen molar-refractivity contribution in [3.05, 3.63) is 122 Å². The van der Waals surface area contributed by atoms with Gasteiger partial charge in [0.1, 0.15) is 33.9 Å². The van der Waals surface area contributed by atoms with Crippen molar-refractivity contribution in [2.75, 3.05) is 38.8 Å². The summed E-state index contributed by atoms with van der Waals surface area (Å²) in [6, 6.07) is 14.2. The van der Waals surface area contributed by atoms with Gasteiger partial charge in [-0.3, -0.25) is 9.80 Å². The molecule has 51 heavy (non-hydrogen) atoms. The van der Waals surface area contributed by atoms with Crippen LogP contribution in [0.15, 0.2) is 73.1 Å². The van der Waals surface area contributed by atoms with Crippen LogP contribution in [0.3, 0.4) is 0 Å². The van der Waals surface area contributed by atoms with Crippen molar-refractivity contribution in [3.8, 4) is 11.5 Å². The molecule has 14 heteroatoms. The lowest BCUT2D eigenvalue weighted by molar-refractivity contribution is -0.605. The van der Waals surface area contributed by atoms with Gasteiger partial charge in [0, 0.05) is 24.1 Å². The molecule has 4 heterocycles. The van der Waals surface area contributed by atoms with Gasteiger partial charge in [0.25, 0.3) is 0 Å². The summed E-state index contributed by atoms with van der Waals surface area (Å²) in [6.07, 6.45) is 1.78. The summed E-state index contributed by atoms with van der Waals surface area (Å²) in [6.45, 7) is 2.01. The topological polar surface area (TPSA) is 104 Å². The van der Waals surface area contributed by atoms with Crippen LogP contribution < -0.4 is 19.1 Å². The first kappa shape index (κ1) is 36.2. The third-order valence-corrected chi connectivity index (χ3v) is 9.95. The average Bonchev–Trinajstić information content (AvgIpc) is 3.12. The molecule has 1 unspecified atom stereocenters. The number of nitrogens with zero attached hydrogens (tertiary/aromatic N) is 3. The molecule has 0 N–H and O–H groups in total. The lowest BCUT2D eigenvalue weighted by atomic mass is 9.86. The lowest BCUT2D eigenvalue weighted by Gasteiger charge is -2.44. The molecule has 3 aromatic carbocycles. The molecular weight excluding hydrogens is 707 g/mol. The quantitative estimate of drug-likeness (QED) is 0.0897. The van der Waals surface area contributed by atoms with Crippen LogP contribution in [0.25, 0.3) is 0 Å². The fourth-order valence-electron chi connectivity index (χ4n) is 6.54. The maximum atomic E-state index is 15.4. The Morgan fingerprint density at radius 1 is 0.961 bits per heavy atom. The summed E-state index contributed by atoms with van der Waals surface area (Å²) in [7, 11) is 2.94. The highest BCUT2D eigenvalue weighted by Crippen LogP contribution is 2.36. The minimum atomic E-state index is -1.02. The molecule has 0 radical (unpaired) electrons. The molecule has 3 fully saturated rings. The van der Waals surface area contributed by atoms with Gasteiger partial charge >= 0.3 is 12.1 Å². The van der Waals surface area contributed by atoms with Gasteiger partial charge < -0.3 is 24.2 Å². The molecule has 2 atom stereocenters. The molecule has 3 aliphatic heterocycles. The number of halogens is 4. The smallest absolute Gasteiger partial charge is 0.415 e. The van der Waals surface area contributed by atoms with E-state index in [1.165, 1.54) is 44.6 Å². The number of pyridine rings is 1. The second-order valence-corrected chi connectivity index (χ2v) is 13.2. The number of esters is 1. The minimum absolute atomic E-state index is 0.0414. The molecule has 0 spiro atoms. The van der Waals surface area contributed by atoms with Gasteiger partial charge in [-0.15, -0.1) is 0 Å². The maximum Gasteiger partial charge on any atom is 0.415 e. The molecule has 10 nitrogen and oxygen atoms in total. The predicted molar refractivity (Wildman–Crippen MR) is 185 cm³/mol. The van der Waals surface area contributed by atoms with E-state index in [4.69, 9.17) is 42.1 Å². The number of ether oxygens (including phenoxy) is 4. The van der Waals surface area contributed by atoms with E-state index in [2.05, 4.69) is 4.90 Å². The molecule has 0 aliphatic carbocycles. The fraction of sp³-hybridized carbons (Fsp3) is 0.324. The third-order valence-electron chi connectivity index (χ3n) is 9.30. The van der Waals surface area contributed by atoms with Gasteiger partial charge in [0.15, 0.2) is 23.9 Å². The molecule has 3 aliphatic rings. The van der Waals surface area contributed by atoms with Gasteiger partial charge in [-0.05, 0) is 79.9 Å². The summed E-state index contributed by atoms with van der Waals surface area (Å²) >= 11 is 12.8. The van der Waals surface area contributed by atoms with Crippen LogP contribution in [-0.4, -0.2) is 56.9 Å². The van der Waals surface area contributed by atoms with Crippen molar-refractivity contribution < 1.29 is 42.0 Å². The highest BCUT2D eigenvalue weighted by Gasteiger charge is 2.38. The fourth-order valence-corrected chi connectivity index (χ4v) is 7.14. The summed E-state index contributed by atoms with van der Waals surface area (Å²) < 4.78 is 53.7. The number of piperidine rings is 3. The molecule has 268 valence electrons. The van der Waals surface area contributed by atoms with Crippen molar-refractivity contribution in [1.29, 1.82) is 0 Å². The van der Waals surface area contributed by atoms with Crippen LogP contribution in [-0.2, 0) is 22.4 Å². The second kappa shape index (κ2) is 15.7. The molecule has 3 saturated heterocycles. The van der Waals surface area contributed by atoms with Gasteiger partial charge in [0.05, 0.1) is 32.0 Å². The number of aromatic nitrogens is 1. The number of hydrogen-bond donors (Lipinski definition) is 0. The number of fused-ring (bicyclic) bond motifs is 3. The Morgan fingerprint density at radius 2 is 1.67 bits per heavy atom. The highest BCUT2D eigenvalue weighted by molar-refractivity contribution is 6.35. The Hall–Kier alpha value is -4.65. The SMILES string of the molecule is COc1ccc(C(Cc2c(Cl)c[n+]([O-])cc2Cl)OC(=O)c2ccc(F)c(CN(C(=O)O[C@H]3CN4CCC3CC4)c3ccccc3F)c2)cc1OC. The molecule has 0 saturated carbocycles. The maximum absolute atomic E-state index is 15.4. The van der Waals surface area contributed by atoms with E-state index in [9.17, 15) is 14.8 Å². The summed E-state index contributed by atoms with van der Waals surface area (Å²) in [5.74, 6) is -1.28. The van der Waals surface area contributed by atoms with Crippen LogP contribution in [0.1, 0.15) is 46.0 Å². The highest BCUT2D eigenvalue weighted by atomic mass is 35.5. The Morgan fingerprint density at radius 3 is 2.31 bits per heavy atom. The zero-order valence-corrected chi connectivity index (χ0v) is 29.3. The lowest BCUT2D eigenvalue weighted by Crippen LogP contribution is -2.53. The summed E-state index contributed by atoms with van der Waals surface area (Å²) in [5, 5.41) is 12.0. The van der Waals surface area contributed by atoms with E-state index in [0.717, 1.165) is 49.3 Å². The molecule has 1 aromatic heterocycles. The van der Waals surface area contributed by atoms with Gasteiger partial charge in [-0.25, -0.2) is 18.4 Å². The van der Waals surface area contributed by atoms with Crippen molar-refractivity contribution in [2.24, 2.45) is 5.92 Å². The monoisotopic (exact) mass is 741 g/mol. The number of amides is 1. The number of rotatable bonds is 11. The van der Waals surface area contributed by atoms with Crippen molar-refractivity contribution in [3.63, 3.8) is 0 Å². The Bertz CT molecular complexity index is 1900. The molecule has 7 rings (SSSR count).